The number of ether oxygens (including phenoxy) is 1. The first-order chi connectivity index (χ1) is 9.69. The molecule has 0 atom stereocenters. The van der Waals surface area contributed by atoms with Gasteiger partial charge >= 0.3 is 0 Å². The lowest BCUT2D eigenvalue weighted by Crippen LogP contribution is -2.13. The minimum absolute atomic E-state index is 0.334. The van der Waals surface area contributed by atoms with Gasteiger partial charge in [0, 0.05) is 12.6 Å². The van der Waals surface area contributed by atoms with Crippen LogP contribution in [0.25, 0.3) is 0 Å². The molecule has 0 amide bonds. The molecule has 0 saturated heterocycles. The molecule has 0 spiro atoms. The summed E-state index contributed by atoms with van der Waals surface area (Å²) in [6.07, 6.45) is 1.09. The van der Waals surface area contributed by atoms with Crippen molar-refractivity contribution in [3.63, 3.8) is 0 Å². The van der Waals surface area contributed by atoms with E-state index in [2.05, 4.69) is 12.2 Å². The van der Waals surface area contributed by atoms with Crippen molar-refractivity contribution in [2.24, 2.45) is 0 Å². The number of benzene rings is 2. The largest absolute Gasteiger partial charge is 0.456 e. The predicted octanol–water partition coefficient (Wildman–Crippen LogP) is 4.77. The average Bonchev–Trinajstić information content (AvgIpc) is 2.42. The van der Waals surface area contributed by atoms with Gasteiger partial charge in [-0.3, -0.25) is 0 Å². The average molecular weight is 294 g/mol. The highest BCUT2D eigenvalue weighted by atomic mass is 35.5. The fourth-order valence-corrected chi connectivity index (χ4v) is 2.05. The smallest absolute Gasteiger partial charge is 0.146 e. The summed E-state index contributed by atoms with van der Waals surface area (Å²) in [5, 5.41) is 3.82. The van der Waals surface area contributed by atoms with Gasteiger partial charge in [0.2, 0.25) is 0 Å². The maximum absolute atomic E-state index is 13.1. The number of hydrogen-bond acceptors (Lipinski definition) is 2. The molecule has 0 radical (unpaired) electrons. The maximum Gasteiger partial charge on any atom is 0.146 e. The fourth-order valence-electron chi connectivity index (χ4n) is 1.80. The molecule has 4 heteroatoms. The van der Waals surface area contributed by atoms with E-state index < -0.39 is 0 Å². The summed E-state index contributed by atoms with van der Waals surface area (Å²) >= 11 is 6.19. The van der Waals surface area contributed by atoms with E-state index >= 15 is 0 Å². The third-order valence-electron chi connectivity index (χ3n) is 2.78. The van der Waals surface area contributed by atoms with Gasteiger partial charge in [-0.15, -0.1) is 0 Å². The molecule has 0 fully saturated rings. The van der Waals surface area contributed by atoms with E-state index in [1.807, 2.05) is 12.1 Å². The third-order valence-corrected chi connectivity index (χ3v) is 3.07. The molecular weight excluding hydrogens is 277 g/mol. The van der Waals surface area contributed by atoms with E-state index in [1.54, 1.807) is 18.2 Å². The van der Waals surface area contributed by atoms with Crippen molar-refractivity contribution < 1.29 is 9.13 Å². The Kier molecular flexibility index (Phi) is 5.39. The zero-order chi connectivity index (χ0) is 14.4. The second kappa shape index (κ2) is 7.27. The minimum atomic E-state index is -0.334. The van der Waals surface area contributed by atoms with Crippen molar-refractivity contribution >= 4 is 11.6 Å². The van der Waals surface area contributed by atoms with Crippen LogP contribution in [-0.2, 0) is 6.54 Å². The Morgan fingerprint density at radius 2 is 2.05 bits per heavy atom. The Balaban J connectivity index is 2.06. The van der Waals surface area contributed by atoms with Crippen LogP contribution in [0.2, 0.25) is 5.02 Å². The van der Waals surface area contributed by atoms with Crippen molar-refractivity contribution in [1.29, 1.82) is 0 Å². The van der Waals surface area contributed by atoms with Gasteiger partial charge in [-0.2, -0.15) is 0 Å². The van der Waals surface area contributed by atoms with E-state index in [4.69, 9.17) is 16.3 Å². The Morgan fingerprint density at radius 3 is 2.75 bits per heavy atom. The number of hydrogen-bond donors (Lipinski definition) is 1. The highest BCUT2D eigenvalue weighted by Crippen LogP contribution is 2.30. The zero-order valence-electron chi connectivity index (χ0n) is 11.3. The molecule has 1 N–H and O–H groups in total. The van der Waals surface area contributed by atoms with Crippen LogP contribution in [0.3, 0.4) is 0 Å². The predicted molar refractivity (Wildman–Crippen MR) is 79.9 cm³/mol. The molecule has 20 heavy (non-hydrogen) atoms. The molecular formula is C16H17ClFNO. The van der Waals surface area contributed by atoms with E-state index in [9.17, 15) is 4.39 Å². The molecule has 0 bridgehead atoms. The number of nitrogens with one attached hydrogen (secondary N) is 1. The summed E-state index contributed by atoms with van der Waals surface area (Å²) < 4.78 is 18.7. The van der Waals surface area contributed by atoms with Gasteiger partial charge in [-0.1, -0.05) is 30.7 Å². The number of rotatable bonds is 6. The van der Waals surface area contributed by atoms with Crippen LogP contribution in [0.1, 0.15) is 18.9 Å². The van der Waals surface area contributed by atoms with E-state index in [0.717, 1.165) is 25.1 Å². The lowest BCUT2D eigenvalue weighted by atomic mass is 10.2. The van der Waals surface area contributed by atoms with Crippen LogP contribution in [0, 0.1) is 5.82 Å². The van der Waals surface area contributed by atoms with Crippen molar-refractivity contribution in [2.45, 2.75) is 19.9 Å². The lowest BCUT2D eigenvalue weighted by Gasteiger charge is -2.10. The molecule has 2 aromatic carbocycles. The maximum atomic E-state index is 13.1. The lowest BCUT2D eigenvalue weighted by molar-refractivity contribution is 0.476. The molecule has 2 rings (SSSR count). The Morgan fingerprint density at radius 1 is 1.20 bits per heavy atom. The molecule has 0 aliphatic rings. The first-order valence-electron chi connectivity index (χ1n) is 6.61. The van der Waals surface area contributed by atoms with Gasteiger partial charge in [-0.25, -0.2) is 4.39 Å². The quantitative estimate of drug-likeness (QED) is 0.775. The highest BCUT2D eigenvalue weighted by molar-refractivity contribution is 6.32. The first-order valence-corrected chi connectivity index (χ1v) is 6.99. The van der Waals surface area contributed by atoms with E-state index in [1.165, 1.54) is 12.1 Å². The summed E-state index contributed by atoms with van der Waals surface area (Å²) in [6.45, 7) is 3.86. The van der Waals surface area contributed by atoms with Gasteiger partial charge < -0.3 is 10.1 Å². The molecule has 2 nitrogen and oxygen atoms in total. The monoisotopic (exact) mass is 293 g/mol. The van der Waals surface area contributed by atoms with Crippen molar-refractivity contribution in [2.75, 3.05) is 6.54 Å². The van der Waals surface area contributed by atoms with Crippen LogP contribution < -0.4 is 10.1 Å². The highest BCUT2D eigenvalue weighted by Gasteiger charge is 2.05. The Hall–Kier alpha value is -1.58. The van der Waals surface area contributed by atoms with E-state index in [0.29, 0.717) is 16.5 Å². The van der Waals surface area contributed by atoms with Gasteiger partial charge in [0.1, 0.15) is 17.3 Å². The van der Waals surface area contributed by atoms with Crippen LogP contribution in [0.4, 0.5) is 4.39 Å². The Labute approximate surface area is 123 Å². The molecule has 0 unspecified atom stereocenters. The van der Waals surface area contributed by atoms with Crippen LogP contribution in [0.15, 0.2) is 42.5 Å². The SMILES string of the molecule is CCCNCc1ccc(Oc2cccc(F)c2)c(Cl)c1. The topological polar surface area (TPSA) is 21.3 Å². The van der Waals surface area contributed by atoms with Crippen molar-refractivity contribution in [1.82, 2.24) is 5.32 Å². The molecule has 2 aromatic rings. The zero-order valence-corrected chi connectivity index (χ0v) is 12.1. The van der Waals surface area contributed by atoms with Crippen molar-refractivity contribution in [3.05, 3.63) is 58.9 Å². The van der Waals surface area contributed by atoms with Crippen LogP contribution in [0.5, 0.6) is 11.5 Å². The normalized spacial score (nSPS) is 10.6. The van der Waals surface area contributed by atoms with Crippen LogP contribution in [-0.4, -0.2) is 6.54 Å². The molecule has 0 aliphatic carbocycles. The van der Waals surface area contributed by atoms with Crippen molar-refractivity contribution in [3.8, 4) is 11.5 Å². The minimum Gasteiger partial charge on any atom is -0.456 e. The van der Waals surface area contributed by atoms with Gasteiger partial charge in [0.25, 0.3) is 0 Å². The van der Waals surface area contributed by atoms with E-state index in [-0.39, 0.29) is 5.82 Å². The Bertz CT molecular complexity index is 574. The summed E-state index contributed by atoms with van der Waals surface area (Å²) in [5.74, 6) is 0.624. The van der Waals surface area contributed by atoms with Gasteiger partial charge in [-0.05, 0) is 42.8 Å². The summed E-state index contributed by atoms with van der Waals surface area (Å²) in [6, 6.07) is 11.6. The fraction of sp³-hybridized carbons (Fsp3) is 0.250. The molecule has 0 saturated carbocycles. The number of halogens is 2. The first kappa shape index (κ1) is 14.8. The second-order valence-corrected chi connectivity index (χ2v) is 4.91. The summed E-state index contributed by atoms with van der Waals surface area (Å²) in [5.41, 5.74) is 1.09. The molecule has 106 valence electrons. The second-order valence-electron chi connectivity index (χ2n) is 4.50. The van der Waals surface area contributed by atoms with Crippen LogP contribution >= 0.6 is 11.6 Å². The molecule has 0 aromatic heterocycles. The summed E-state index contributed by atoms with van der Waals surface area (Å²) in [4.78, 5) is 0. The third kappa shape index (κ3) is 4.22. The standard InChI is InChI=1S/C16H17ClFNO/c1-2-8-19-11-12-6-7-16(15(17)9-12)20-14-5-3-4-13(18)10-14/h3-7,9-10,19H,2,8,11H2,1H3. The van der Waals surface area contributed by atoms with Gasteiger partial charge in [0.15, 0.2) is 0 Å². The summed E-state index contributed by atoms with van der Waals surface area (Å²) in [7, 11) is 0. The molecule has 0 heterocycles. The molecule has 0 aliphatic heterocycles. The van der Waals surface area contributed by atoms with Gasteiger partial charge in [0.05, 0.1) is 5.02 Å².